The maximum absolute atomic E-state index is 12.6. The summed E-state index contributed by atoms with van der Waals surface area (Å²) in [6.45, 7) is 1.74. The fourth-order valence-corrected chi connectivity index (χ4v) is 3.69. The van der Waals surface area contributed by atoms with Gasteiger partial charge in [-0.25, -0.2) is 9.93 Å². The molecule has 0 fully saturated rings. The Kier molecular flexibility index (Phi) is 4.01. The quantitative estimate of drug-likeness (QED) is 0.712. The predicted molar refractivity (Wildman–Crippen MR) is 90.6 cm³/mol. The molecule has 3 rings (SSSR count). The van der Waals surface area contributed by atoms with Crippen LogP contribution >= 0.6 is 12.2 Å². The van der Waals surface area contributed by atoms with Crippen molar-refractivity contribution in [3.63, 3.8) is 0 Å². The lowest BCUT2D eigenvalue weighted by molar-refractivity contribution is 0.594. The number of aryl methyl sites for hydroxylation is 1. The Morgan fingerprint density at radius 2 is 1.74 bits per heavy atom. The highest BCUT2D eigenvalue weighted by Crippen LogP contribution is 2.19. The van der Waals surface area contributed by atoms with Crippen molar-refractivity contribution in [2.24, 2.45) is 0 Å². The number of rotatable bonds is 4. The lowest BCUT2D eigenvalue weighted by Crippen LogP contribution is -2.24. The van der Waals surface area contributed by atoms with E-state index in [2.05, 4.69) is 15.0 Å². The van der Waals surface area contributed by atoms with Gasteiger partial charge in [-0.3, -0.25) is 0 Å². The number of aromatic nitrogens is 3. The van der Waals surface area contributed by atoms with Gasteiger partial charge in [-0.2, -0.15) is 18.2 Å². The summed E-state index contributed by atoms with van der Waals surface area (Å²) in [6.07, 6.45) is 0. The van der Waals surface area contributed by atoms with E-state index >= 15 is 0 Å². The van der Waals surface area contributed by atoms with Crippen LogP contribution in [0.5, 0.6) is 0 Å². The van der Waals surface area contributed by atoms with E-state index in [4.69, 9.17) is 12.2 Å². The van der Waals surface area contributed by atoms with Crippen molar-refractivity contribution in [1.82, 2.24) is 14.9 Å². The summed E-state index contributed by atoms with van der Waals surface area (Å²) in [7, 11) is -3.78. The first-order valence-corrected chi connectivity index (χ1v) is 8.69. The van der Waals surface area contributed by atoms with Crippen LogP contribution in [-0.4, -0.2) is 23.3 Å². The molecule has 0 aliphatic carbocycles. The smallest absolute Gasteiger partial charge is 0.250 e. The summed E-state index contributed by atoms with van der Waals surface area (Å²) in [5.74, 6) is 0.396. The van der Waals surface area contributed by atoms with E-state index in [9.17, 15) is 8.42 Å². The molecule has 23 heavy (non-hydrogen) atoms. The normalized spacial score (nSPS) is 11.3. The number of H-pyrrole nitrogens is 1. The molecule has 0 saturated heterocycles. The molecule has 0 atom stereocenters. The number of hydrogen-bond acceptors (Lipinski definition) is 4. The van der Waals surface area contributed by atoms with Gasteiger partial charge in [0.15, 0.2) is 5.82 Å². The Balaban J connectivity index is 2.06. The third kappa shape index (κ3) is 3.03. The van der Waals surface area contributed by atoms with Gasteiger partial charge in [-0.1, -0.05) is 48.5 Å². The van der Waals surface area contributed by atoms with E-state index < -0.39 is 10.0 Å². The molecule has 0 aliphatic rings. The van der Waals surface area contributed by atoms with Crippen molar-refractivity contribution < 1.29 is 8.42 Å². The maximum Gasteiger partial charge on any atom is 0.275 e. The molecular formula is C15H14N4O2S2. The van der Waals surface area contributed by atoms with E-state index in [1.54, 1.807) is 31.2 Å². The van der Waals surface area contributed by atoms with E-state index in [1.165, 1.54) is 4.68 Å². The van der Waals surface area contributed by atoms with Crippen LogP contribution in [0.1, 0.15) is 5.56 Å². The van der Waals surface area contributed by atoms with Crippen molar-refractivity contribution in [1.29, 1.82) is 0 Å². The minimum Gasteiger partial charge on any atom is -0.250 e. The van der Waals surface area contributed by atoms with Gasteiger partial charge in [0.05, 0.1) is 4.90 Å². The van der Waals surface area contributed by atoms with Gasteiger partial charge in [0.2, 0.25) is 4.77 Å². The first-order chi connectivity index (χ1) is 11.0. The highest BCUT2D eigenvalue weighted by Gasteiger charge is 2.19. The summed E-state index contributed by atoms with van der Waals surface area (Å²) in [4.78, 5) is 2.68. The monoisotopic (exact) mass is 346 g/mol. The molecule has 2 N–H and O–H groups in total. The minimum atomic E-state index is -3.78. The molecular weight excluding hydrogens is 332 g/mol. The fraction of sp³-hybridized carbons (Fsp3) is 0.0667. The van der Waals surface area contributed by atoms with E-state index in [-0.39, 0.29) is 9.67 Å². The van der Waals surface area contributed by atoms with Crippen LogP contribution < -0.4 is 4.83 Å². The number of nitrogens with zero attached hydrogens (tertiary/aromatic N) is 2. The van der Waals surface area contributed by atoms with Crippen molar-refractivity contribution in [2.75, 3.05) is 4.83 Å². The molecule has 1 heterocycles. The number of benzene rings is 2. The Morgan fingerprint density at radius 3 is 2.43 bits per heavy atom. The first kappa shape index (κ1) is 15.4. The fourth-order valence-electron chi connectivity index (χ4n) is 2.19. The van der Waals surface area contributed by atoms with Crippen molar-refractivity contribution >= 4 is 22.2 Å². The average molecular weight is 346 g/mol. The van der Waals surface area contributed by atoms with E-state index in [1.807, 2.05) is 30.3 Å². The van der Waals surface area contributed by atoms with Gasteiger partial charge in [0.1, 0.15) is 0 Å². The van der Waals surface area contributed by atoms with Gasteiger partial charge in [0, 0.05) is 5.56 Å². The largest absolute Gasteiger partial charge is 0.275 e. The van der Waals surface area contributed by atoms with E-state index in [0.717, 1.165) is 5.56 Å². The molecule has 118 valence electrons. The Hall–Kier alpha value is -2.45. The standard InChI is InChI=1S/C15H14N4O2S2/c1-11-7-5-6-10-13(11)23(20,21)18-19-14(16-17-15(19)22)12-8-3-2-4-9-12/h2-10,18H,1H3,(H,17,22). The van der Waals surface area contributed by atoms with E-state index in [0.29, 0.717) is 11.4 Å². The zero-order chi connectivity index (χ0) is 16.4. The topological polar surface area (TPSA) is 79.8 Å². The van der Waals surface area contributed by atoms with Crippen LogP contribution in [0.2, 0.25) is 0 Å². The van der Waals surface area contributed by atoms with Gasteiger partial charge < -0.3 is 0 Å². The highest BCUT2D eigenvalue weighted by atomic mass is 32.2. The lowest BCUT2D eigenvalue weighted by atomic mass is 10.2. The van der Waals surface area contributed by atoms with Crippen LogP contribution in [0.4, 0.5) is 0 Å². The summed E-state index contributed by atoms with van der Waals surface area (Å²) in [6, 6.07) is 15.9. The van der Waals surface area contributed by atoms with Crippen LogP contribution in [0.3, 0.4) is 0 Å². The Morgan fingerprint density at radius 1 is 1.09 bits per heavy atom. The Labute approximate surface area is 138 Å². The van der Waals surface area contributed by atoms with Gasteiger partial charge in [0.25, 0.3) is 10.0 Å². The molecule has 0 bridgehead atoms. The van der Waals surface area contributed by atoms with Crippen LogP contribution in [0.25, 0.3) is 11.4 Å². The maximum atomic E-state index is 12.6. The van der Waals surface area contributed by atoms with Crippen molar-refractivity contribution in [3.05, 3.63) is 64.9 Å². The van der Waals surface area contributed by atoms with Crippen molar-refractivity contribution in [3.8, 4) is 11.4 Å². The molecule has 0 radical (unpaired) electrons. The molecule has 0 amide bonds. The molecule has 0 unspecified atom stereocenters. The Bertz CT molecular complexity index is 992. The van der Waals surface area contributed by atoms with Crippen LogP contribution in [0.15, 0.2) is 59.5 Å². The number of hydrogen-bond donors (Lipinski definition) is 2. The second-order valence-corrected chi connectivity index (χ2v) is 6.93. The summed E-state index contributed by atoms with van der Waals surface area (Å²) in [5, 5.41) is 6.72. The van der Waals surface area contributed by atoms with Gasteiger partial charge >= 0.3 is 0 Å². The SMILES string of the molecule is Cc1ccccc1S(=O)(=O)Nn1c(-c2ccccc2)n[nH]c1=S. The van der Waals surface area contributed by atoms with Crippen LogP contribution in [0, 0.1) is 11.7 Å². The minimum absolute atomic E-state index is 0.168. The molecule has 6 nitrogen and oxygen atoms in total. The molecule has 0 spiro atoms. The molecule has 8 heteroatoms. The summed E-state index contributed by atoms with van der Waals surface area (Å²) >= 11 is 5.14. The predicted octanol–water partition coefficient (Wildman–Crippen LogP) is 2.85. The third-order valence-electron chi connectivity index (χ3n) is 3.30. The number of aromatic amines is 1. The third-order valence-corrected chi connectivity index (χ3v) is 5.03. The van der Waals surface area contributed by atoms with Gasteiger partial charge in [-0.05, 0) is 30.8 Å². The van der Waals surface area contributed by atoms with Gasteiger partial charge in [-0.15, -0.1) is 0 Å². The average Bonchev–Trinajstić information content (AvgIpc) is 2.89. The second-order valence-electron chi connectivity index (χ2n) is 4.91. The molecule has 0 aliphatic heterocycles. The highest BCUT2D eigenvalue weighted by molar-refractivity contribution is 7.92. The number of nitrogens with one attached hydrogen (secondary N) is 2. The molecule has 3 aromatic rings. The van der Waals surface area contributed by atoms with Crippen LogP contribution in [-0.2, 0) is 10.0 Å². The summed E-state index contributed by atoms with van der Waals surface area (Å²) in [5.41, 5.74) is 1.39. The zero-order valence-electron chi connectivity index (χ0n) is 12.2. The first-order valence-electron chi connectivity index (χ1n) is 6.80. The molecule has 0 saturated carbocycles. The molecule has 2 aromatic carbocycles. The second kappa shape index (κ2) is 5.98. The zero-order valence-corrected chi connectivity index (χ0v) is 13.9. The lowest BCUT2D eigenvalue weighted by Gasteiger charge is -2.12. The molecule has 1 aromatic heterocycles. The van der Waals surface area contributed by atoms with Crippen molar-refractivity contribution in [2.45, 2.75) is 11.8 Å². The summed E-state index contributed by atoms with van der Waals surface area (Å²) < 4.78 is 26.7. The number of sulfonamides is 1.